The third kappa shape index (κ3) is 4.11. The molecule has 8 heteroatoms. The Morgan fingerprint density at radius 2 is 1.85 bits per heavy atom. The maximum atomic E-state index is 13.2. The van der Waals surface area contributed by atoms with Crippen molar-refractivity contribution < 1.29 is 9.18 Å². The van der Waals surface area contributed by atoms with Gasteiger partial charge in [0.05, 0.1) is 5.75 Å². The highest BCUT2D eigenvalue weighted by Gasteiger charge is 2.18. The number of nitrogens with zero attached hydrogens (tertiary/aromatic N) is 4. The third-order valence-corrected chi connectivity index (χ3v) is 6.58. The largest absolute Gasteiger partial charge is 0.342 e. The van der Waals surface area contributed by atoms with Crippen molar-refractivity contribution in [2.24, 2.45) is 0 Å². The van der Waals surface area contributed by atoms with Gasteiger partial charge in [-0.3, -0.25) is 4.79 Å². The number of carbonyl (C=O) groups excluding carboxylic acids is 1. The molecular weight excluding hydrogens is 383 g/mol. The van der Waals surface area contributed by atoms with Gasteiger partial charge in [-0.25, -0.2) is 14.4 Å². The lowest BCUT2D eigenvalue weighted by Gasteiger charge is -2.19. The first-order chi connectivity index (χ1) is 13.2. The van der Waals surface area contributed by atoms with Crippen LogP contribution in [0.1, 0.15) is 25.7 Å². The van der Waals surface area contributed by atoms with E-state index in [4.69, 9.17) is 0 Å². The summed E-state index contributed by atoms with van der Waals surface area (Å²) in [6.45, 7) is 1.71. The highest BCUT2D eigenvalue weighted by Crippen LogP contribution is 2.34. The maximum Gasteiger partial charge on any atom is 0.232 e. The molecule has 0 bridgehead atoms. The number of benzene rings is 1. The van der Waals surface area contributed by atoms with Gasteiger partial charge < -0.3 is 4.90 Å². The van der Waals surface area contributed by atoms with Gasteiger partial charge in [-0.1, -0.05) is 24.6 Å². The average Bonchev–Trinajstić information content (AvgIpc) is 2.94. The molecule has 140 valence electrons. The molecule has 3 aromatic rings. The van der Waals surface area contributed by atoms with Gasteiger partial charge in [0.15, 0.2) is 0 Å². The standard InChI is InChI=1S/C19H19FN4OS2/c20-14-7-5-13(6-8-14)16-17-18(27-23-16)19(22-12-21-17)26-11-15(25)24-9-3-1-2-4-10-24/h5-8,12H,1-4,9-11H2. The van der Waals surface area contributed by atoms with E-state index in [2.05, 4.69) is 14.3 Å². The van der Waals surface area contributed by atoms with E-state index in [9.17, 15) is 9.18 Å². The van der Waals surface area contributed by atoms with Gasteiger partial charge in [-0.15, -0.1) is 0 Å². The van der Waals surface area contributed by atoms with Crippen LogP contribution in [0.2, 0.25) is 0 Å². The summed E-state index contributed by atoms with van der Waals surface area (Å²) in [5.74, 6) is 0.253. The minimum Gasteiger partial charge on any atom is -0.342 e. The van der Waals surface area contributed by atoms with Gasteiger partial charge in [0, 0.05) is 18.7 Å². The normalized spacial score (nSPS) is 15.1. The molecule has 0 spiro atoms. The fourth-order valence-corrected chi connectivity index (χ4v) is 5.01. The molecule has 0 N–H and O–H groups in total. The number of thioether (sulfide) groups is 1. The fraction of sp³-hybridized carbons (Fsp3) is 0.368. The molecule has 1 saturated heterocycles. The molecule has 2 aromatic heterocycles. The summed E-state index contributed by atoms with van der Waals surface area (Å²) in [4.78, 5) is 23.2. The Morgan fingerprint density at radius 1 is 1.11 bits per heavy atom. The van der Waals surface area contributed by atoms with Crippen LogP contribution < -0.4 is 0 Å². The zero-order chi connectivity index (χ0) is 18.6. The lowest BCUT2D eigenvalue weighted by atomic mass is 10.1. The molecule has 1 aromatic carbocycles. The fourth-order valence-electron chi connectivity index (χ4n) is 3.18. The Morgan fingerprint density at radius 3 is 2.59 bits per heavy atom. The van der Waals surface area contributed by atoms with Crippen molar-refractivity contribution >= 4 is 39.4 Å². The van der Waals surface area contributed by atoms with Gasteiger partial charge in [-0.2, -0.15) is 4.37 Å². The monoisotopic (exact) mass is 402 g/mol. The van der Waals surface area contributed by atoms with E-state index in [0.29, 0.717) is 5.75 Å². The second-order valence-corrected chi connectivity index (χ2v) is 8.22. The van der Waals surface area contributed by atoms with E-state index < -0.39 is 0 Å². The maximum absolute atomic E-state index is 13.2. The van der Waals surface area contributed by atoms with E-state index in [-0.39, 0.29) is 11.7 Å². The molecule has 1 aliphatic rings. The molecule has 0 aliphatic carbocycles. The third-order valence-electron chi connectivity index (χ3n) is 4.63. The minimum absolute atomic E-state index is 0.164. The number of carbonyl (C=O) groups is 1. The van der Waals surface area contributed by atoms with Crippen molar-refractivity contribution in [3.63, 3.8) is 0 Å². The van der Waals surface area contributed by atoms with Crippen LogP contribution in [0.3, 0.4) is 0 Å². The predicted octanol–water partition coefficient (Wildman–Crippen LogP) is 4.39. The van der Waals surface area contributed by atoms with Crippen molar-refractivity contribution in [2.75, 3.05) is 18.8 Å². The van der Waals surface area contributed by atoms with Crippen molar-refractivity contribution in [1.29, 1.82) is 0 Å². The average molecular weight is 403 g/mol. The molecular formula is C19H19FN4OS2. The summed E-state index contributed by atoms with van der Waals surface area (Å²) >= 11 is 2.75. The molecule has 1 fully saturated rings. The second kappa shape index (κ2) is 8.31. The summed E-state index contributed by atoms with van der Waals surface area (Å²) in [5.41, 5.74) is 2.28. The van der Waals surface area contributed by atoms with Crippen molar-refractivity contribution in [3.8, 4) is 11.3 Å². The van der Waals surface area contributed by atoms with Crippen molar-refractivity contribution in [3.05, 3.63) is 36.4 Å². The number of fused-ring (bicyclic) bond motifs is 1. The highest BCUT2D eigenvalue weighted by atomic mass is 32.2. The Labute approximate surface area is 165 Å². The summed E-state index contributed by atoms with van der Waals surface area (Å²) in [5, 5.41) is 0.772. The minimum atomic E-state index is -0.281. The Kier molecular flexibility index (Phi) is 5.63. The van der Waals surface area contributed by atoms with Crippen LogP contribution in [0.15, 0.2) is 35.6 Å². The van der Waals surface area contributed by atoms with Crippen LogP contribution in [-0.4, -0.2) is 44.0 Å². The van der Waals surface area contributed by atoms with Crippen molar-refractivity contribution in [1.82, 2.24) is 19.2 Å². The number of rotatable bonds is 4. The zero-order valence-corrected chi connectivity index (χ0v) is 16.4. The van der Waals surface area contributed by atoms with E-state index in [1.165, 1.54) is 54.6 Å². The lowest BCUT2D eigenvalue weighted by Crippen LogP contribution is -2.33. The topological polar surface area (TPSA) is 59.0 Å². The Hall–Kier alpha value is -2.06. The molecule has 0 unspecified atom stereocenters. The molecule has 0 saturated carbocycles. The Balaban J connectivity index is 1.52. The van der Waals surface area contributed by atoms with Crippen LogP contribution in [-0.2, 0) is 4.79 Å². The first kappa shape index (κ1) is 18.3. The van der Waals surface area contributed by atoms with Gasteiger partial charge in [-0.05, 0) is 48.6 Å². The number of hydrogen-bond donors (Lipinski definition) is 0. The van der Waals surface area contributed by atoms with Crippen LogP contribution in [0.25, 0.3) is 21.5 Å². The number of hydrogen-bond acceptors (Lipinski definition) is 6. The summed E-state index contributed by atoms with van der Waals surface area (Å²) in [6, 6.07) is 6.22. The van der Waals surface area contributed by atoms with Gasteiger partial charge >= 0.3 is 0 Å². The van der Waals surface area contributed by atoms with E-state index in [0.717, 1.165) is 52.4 Å². The van der Waals surface area contributed by atoms with Gasteiger partial charge in [0.1, 0.15) is 33.1 Å². The first-order valence-corrected chi connectivity index (χ1v) is 10.7. The quantitative estimate of drug-likeness (QED) is 0.479. The van der Waals surface area contributed by atoms with E-state index in [1.54, 1.807) is 12.1 Å². The van der Waals surface area contributed by atoms with Crippen molar-refractivity contribution in [2.45, 2.75) is 30.7 Å². The first-order valence-electron chi connectivity index (χ1n) is 8.99. The molecule has 1 amide bonds. The zero-order valence-electron chi connectivity index (χ0n) is 14.7. The smallest absolute Gasteiger partial charge is 0.232 e. The van der Waals surface area contributed by atoms with E-state index in [1.807, 2.05) is 4.90 Å². The van der Waals surface area contributed by atoms with Crippen LogP contribution >= 0.6 is 23.3 Å². The summed E-state index contributed by atoms with van der Waals surface area (Å²) in [7, 11) is 0. The van der Waals surface area contributed by atoms with Gasteiger partial charge in [0.2, 0.25) is 5.91 Å². The highest BCUT2D eigenvalue weighted by molar-refractivity contribution is 8.00. The molecule has 0 radical (unpaired) electrons. The van der Waals surface area contributed by atoms with E-state index >= 15 is 0 Å². The summed E-state index contributed by atoms with van der Waals surface area (Å²) < 4.78 is 18.5. The molecule has 3 heterocycles. The van der Waals surface area contributed by atoms with Gasteiger partial charge in [0.25, 0.3) is 0 Å². The number of aromatic nitrogens is 3. The predicted molar refractivity (Wildman–Crippen MR) is 106 cm³/mol. The molecule has 5 nitrogen and oxygen atoms in total. The van der Waals surface area contributed by atoms with Crippen LogP contribution in [0.4, 0.5) is 4.39 Å². The van der Waals surface area contributed by atoms with Crippen LogP contribution in [0.5, 0.6) is 0 Å². The SMILES string of the molecule is O=C(CSc1ncnc2c(-c3ccc(F)cc3)nsc12)N1CCCCCC1. The second-order valence-electron chi connectivity index (χ2n) is 6.48. The van der Waals surface area contributed by atoms with Crippen LogP contribution in [0, 0.1) is 5.82 Å². The molecule has 27 heavy (non-hydrogen) atoms. The molecule has 0 atom stereocenters. The molecule has 1 aliphatic heterocycles. The lowest BCUT2D eigenvalue weighted by molar-refractivity contribution is -0.128. The molecule has 4 rings (SSSR count). The Bertz CT molecular complexity index is 937. The number of likely N-dealkylation sites (tertiary alicyclic amines) is 1. The number of halogens is 1. The summed E-state index contributed by atoms with van der Waals surface area (Å²) in [6.07, 6.45) is 6.09. The number of amides is 1.